The van der Waals surface area contributed by atoms with Crippen molar-refractivity contribution in [2.45, 2.75) is 45.8 Å². The number of halogens is 1. The molecular weight excluding hydrogens is 419 g/mol. The number of rotatable bonds is 9. The number of hydrogen-bond acceptors (Lipinski definition) is 7. The minimum absolute atomic E-state index is 0.0417. The molecular formula is C23H29FN2O6. The van der Waals surface area contributed by atoms with Crippen molar-refractivity contribution in [2.75, 3.05) is 14.2 Å². The molecule has 0 spiro atoms. The summed E-state index contributed by atoms with van der Waals surface area (Å²) in [5, 5.41) is 12.5. The van der Waals surface area contributed by atoms with Gasteiger partial charge in [0, 0.05) is 29.8 Å². The van der Waals surface area contributed by atoms with E-state index < -0.39 is 35.6 Å². The Morgan fingerprint density at radius 3 is 2.31 bits per heavy atom. The third kappa shape index (κ3) is 5.66. The second-order valence-corrected chi connectivity index (χ2v) is 7.70. The molecule has 0 saturated heterocycles. The van der Waals surface area contributed by atoms with E-state index in [1.165, 1.54) is 45.5 Å². The van der Waals surface area contributed by atoms with Crippen molar-refractivity contribution in [3.05, 3.63) is 47.5 Å². The van der Waals surface area contributed by atoms with Gasteiger partial charge in [-0.1, -0.05) is 19.9 Å². The van der Waals surface area contributed by atoms with Crippen LogP contribution in [0.25, 0.3) is 0 Å². The minimum atomic E-state index is -1.01. The zero-order valence-corrected chi connectivity index (χ0v) is 19.0. The fourth-order valence-corrected chi connectivity index (χ4v) is 3.56. The van der Waals surface area contributed by atoms with Gasteiger partial charge in [0.25, 0.3) is 5.91 Å². The number of aromatic hydroxyl groups is 1. The first kappa shape index (κ1) is 24.9. The zero-order valence-electron chi connectivity index (χ0n) is 19.0. The summed E-state index contributed by atoms with van der Waals surface area (Å²) in [6.45, 7) is 7.11. The quantitative estimate of drug-likeness (QED) is 0.566. The van der Waals surface area contributed by atoms with Crippen LogP contribution in [0, 0.1) is 11.7 Å². The van der Waals surface area contributed by atoms with Gasteiger partial charge in [-0.2, -0.15) is 0 Å². The molecule has 0 aliphatic heterocycles. The average Bonchev–Trinajstić information content (AvgIpc) is 2.74. The number of hydrogen-bond donors (Lipinski definition) is 2. The highest BCUT2D eigenvalue weighted by atomic mass is 19.1. The minimum Gasteiger partial charge on any atom is -0.503 e. The summed E-state index contributed by atoms with van der Waals surface area (Å²) in [4.78, 5) is 29.0. The van der Waals surface area contributed by atoms with Crippen LogP contribution in [0.5, 0.6) is 17.2 Å². The highest BCUT2D eigenvalue weighted by Crippen LogP contribution is 2.36. The van der Waals surface area contributed by atoms with E-state index in [0.29, 0.717) is 11.3 Å². The maximum absolute atomic E-state index is 13.6. The highest BCUT2D eigenvalue weighted by molar-refractivity contribution is 5.97. The van der Waals surface area contributed by atoms with Gasteiger partial charge in [0.2, 0.25) is 0 Å². The summed E-state index contributed by atoms with van der Waals surface area (Å²) in [6, 6.07) is 4.63. The molecule has 8 nitrogen and oxygen atoms in total. The Morgan fingerprint density at radius 2 is 1.72 bits per heavy atom. The van der Waals surface area contributed by atoms with Crippen LogP contribution >= 0.6 is 0 Å². The molecule has 32 heavy (non-hydrogen) atoms. The monoisotopic (exact) mass is 448 g/mol. The van der Waals surface area contributed by atoms with E-state index in [4.69, 9.17) is 14.2 Å². The van der Waals surface area contributed by atoms with Crippen molar-refractivity contribution in [1.82, 2.24) is 10.3 Å². The second kappa shape index (κ2) is 10.8. The number of nitrogens with zero attached hydrogens (tertiary/aromatic N) is 1. The number of carbonyl (C=O) groups is 2. The summed E-state index contributed by atoms with van der Waals surface area (Å²) in [6.07, 6.45) is 0.714. The Balaban J connectivity index is 2.13. The summed E-state index contributed by atoms with van der Waals surface area (Å²) in [7, 11) is 2.80. The van der Waals surface area contributed by atoms with Crippen molar-refractivity contribution in [2.24, 2.45) is 5.92 Å². The summed E-state index contributed by atoms with van der Waals surface area (Å²) < 4.78 is 29.5. The molecule has 1 aromatic carbocycles. The molecule has 9 heteroatoms. The Hall–Kier alpha value is -3.36. The SMILES string of the molecule is COc1cc(F)ccc1[C@@H](C(C)C)[C@H](C)OC(=O)[C@H](C)NC(=O)c1nccc(OC)c1O. The van der Waals surface area contributed by atoms with Crippen LogP contribution in [0.2, 0.25) is 0 Å². The summed E-state index contributed by atoms with van der Waals surface area (Å²) in [5.74, 6) is -2.05. The van der Waals surface area contributed by atoms with Gasteiger partial charge < -0.3 is 24.6 Å². The van der Waals surface area contributed by atoms with Gasteiger partial charge in [0.15, 0.2) is 17.2 Å². The molecule has 1 amide bonds. The molecule has 1 aromatic heterocycles. The van der Waals surface area contributed by atoms with Crippen molar-refractivity contribution in [1.29, 1.82) is 0 Å². The third-order valence-corrected chi connectivity index (χ3v) is 5.10. The summed E-state index contributed by atoms with van der Waals surface area (Å²) in [5.41, 5.74) is 0.444. The Morgan fingerprint density at radius 1 is 1.06 bits per heavy atom. The van der Waals surface area contributed by atoms with Crippen LogP contribution in [0.15, 0.2) is 30.5 Å². The molecule has 0 radical (unpaired) electrons. The molecule has 3 atom stereocenters. The van der Waals surface area contributed by atoms with Crippen LogP contribution in [0.1, 0.15) is 49.7 Å². The molecule has 0 aliphatic carbocycles. The molecule has 0 aliphatic rings. The van der Waals surface area contributed by atoms with E-state index in [9.17, 15) is 19.1 Å². The Kier molecular flexibility index (Phi) is 8.40. The molecule has 0 unspecified atom stereocenters. The van der Waals surface area contributed by atoms with Gasteiger partial charge in [-0.3, -0.25) is 4.79 Å². The number of aromatic nitrogens is 1. The first-order chi connectivity index (χ1) is 15.1. The van der Waals surface area contributed by atoms with E-state index in [0.717, 1.165) is 0 Å². The van der Waals surface area contributed by atoms with E-state index in [-0.39, 0.29) is 23.3 Å². The standard InChI is InChI=1S/C23H29FN2O6/c1-12(2)19(16-8-7-15(24)11-18(16)31-6)14(4)32-23(29)13(3)26-22(28)20-21(27)17(30-5)9-10-25-20/h7-14,19,27H,1-6H3,(H,26,28)/t13-,14-,19-/m0/s1. The number of esters is 1. The van der Waals surface area contributed by atoms with Gasteiger partial charge >= 0.3 is 5.97 Å². The fraction of sp³-hybridized carbons (Fsp3) is 0.435. The van der Waals surface area contributed by atoms with Gasteiger partial charge in [-0.05, 0) is 25.8 Å². The normalized spacial score (nSPS) is 13.8. The van der Waals surface area contributed by atoms with Crippen LogP contribution in [-0.2, 0) is 9.53 Å². The molecule has 0 fully saturated rings. The predicted octanol–water partition coefficient (Wildman–Crippen LogP) is 3.43. The van der Waals surface area contributed by atoms with Crippen LogP contribution in [0.4, 0.5) is 4.39 Å². The number of pyridine rings is 1. The lowest BCUT2D eigenvalue weighted by atomic mass is 9.84. The molecule has 174 valence electrons. The van der Waals surface area contributed by atoms with Crippen LogP contribution < -0.4 is 14.8 Å². The molecule has 0 bridgehead atoms. The van der Waals surface area contributed by atoms with E-state index in [1.807, 2.05) is 13.8 Å². The van der Waals surface area contributed by atoms with Crippen molar-refractivity contribution >= 4 is 11.9 Å². The first-order valence-electron chi connectivity index (χ1n) is 10.2. The highest BCUT2D eigenvalue weighted by Gasteiger charge is 2.31. The summed E-state index contributed by atoms with van der Waals surface area (Å²) >= 11 is 0. The number of nitrogens with one attached hydrogen (secondary N) is 1. The van der Waals surface area contributed by atoms with Gasteiger partial charge in [-0.15, -0.1) is 0 Å². The fourth-order valence-electron chi connectivity index (χ4n) is 3.56. The number of carbonyl (C=O) groups excluding carboxylic acids is 2. The van der Waals surface area contributed by atoms with Gasteiger partial charge in [-0.25, -0.2) is 14.2 Å². The first-order valence-corrected chi connectivity index (χ1v) is 10.2. The lowest BCUT2D eigenvalue weighted by molar-refractivity contribution is -0.151. The van der Waals surface area contributed by atoms with Crippen LogP contribution in [0.3, 0.4) is 0 Å². The number of methoxy groups -OCH3 is 2. The van der Waals surface area contributed by atoms with E-state index in [2.05, 4.69) is 10.3 Å². The van der Waals surface area contributed by atoms with Crippen molar-refractivity contribution in [3.8, 4) is 17.2 Å². The molecule has 2 rings (SSSR count). The van der Waals surface area contributed by atoms with E-state index in [1.54, 1.807) is 13.0 Å². The van der Waals surface area contributed by atoms with Crippen molar-refractivity contribution in [3.63, 3.8) is 0 Å². The number of benzene rings is 1. The third-order valence-electron chi connectivity index (χ3n) is 5.10. The maximum atomic E-state index is 13.6. The molecule has 0 saturated carbocycles. The average molecular weight is 448 g/mol. The number of ether oxygens (including phenoxy) is 3. The lowest BCUT2D eigenvalue weighted by Crippen LogP contribution is -2.42. The van der Waals surface area contributed by atoms with Crippen LogP contribution in [-0.4, -0.2) is 48.3 Å². The lowest BCUT2D eigenvalue weighted by Gasteiger charge is -2.30. The Bertz CT molecular complexity index is 965. The van der Waals surface area contributed by atoms with Crippen molar-refractivity contribution < 1.29 is 33.3 Å². The molecule has 2 N–H and O–H groups in total. The number of amides is 1. The molecule has 1 heterocycles. The largest absolute Gasteiger partial charge is 0.503 e. The van der Waals surface area contributed by atoms with Gasteiger partial charge in [0.1, 0.15) is 23.7 Å². The zero-order chi connectivity index (χ0) is 24.0. The second-order valence-electron chi connectivity index (χ2n) is 7.70. The molecule has 2 aromatic rings. The maximum Gasteiger partial charge on any atom is 0.328 e. The predicted molar refractivity (Wildman–Crippen MR) is 115 cm³/mol. The van der Waals surface area contributed by atoms with Gasteiger partial charge in [0.05, 0.1) is 14.2 Å². The topological polar surface area (TPSA) is 107 Å². The van der Waals surface area contributed by atoms with E-state index >= 15 is 0 Å². The smallest absolute Gasteiger partial charge is 0.328 e. The Labute approximate surface area is 186 Å².